The lowest BCUT2D eigenvalue weighted by Gasteiger charge is -2.35. The maximum Gasteiger partial charge on any atom is 0.257 e. The summed E-state index contributed by atoms with van der Waals surface area (Å²) in [6.45, 7) is 2.34. The molecule has 18 heavy (non-hydrogen) atoms. The Kier molecular flexibility index (Phi) is 4.60. The van der Waals surface area contributed by atoms with Crippen LogP contribution in [0.5, 0.6) is 0 Å². The summed E-state index contributed by atoms with van der Waals surface area (Å²) in [6, 6.07) is 0.0615. The predicted octanol–water partition coefficient (Wildman–Crippen LogP) is 0.354. The summed E-state index contributed by atoms with van der Waals surface area (Å²) < 4.78 is 10.5. The maximum atomic E-state index is 12.3. The fourth-order valence-corrected chi connectivity index (χ4v) is 1.99. The zero-order chi connectivity index (χ0) is 12.8. The van der Waals surface area contributed by atoms with E-state index in [0.717, 1.165) is 6.42 Å². The van der Waals surface area contributed by atoms with Gasteiger partial charge in [-0.15, -0.1) is 0 Å². The van der Waals surface area contributed by atoms with Crippen molar-refractivity contribution in [3.8, 4) is 0 Å². The fourth-order valence-electron chi connectivity index (χ4n) is 1.99. The molecule has 0 bridgehead atoms. The molecule has 0 spiro atoms. The minimum Gasteiger partial charge on any atom is -0.385 e. The van der Waals surface area contributed by atoms with Gasteiger partial charge in [-0.1, -0.05) is 0 Å². The lowest BCUT2D eigenvalue weighted by atomic mass is 10.1. The number of amides is 1. The van der Waals surface area contributed by atoms with Crippen molar-refractivity contribution in [2.75, 3.05) is 33.5 Å². The molecule has 0 saturated carbocycles. The van der Waals surface area contributed by atoms with Gasteiger partial charge in [-0.2, -0.15) is 0 Å². The number of nitrogens with zero attached hydrogens (tertiary/aromatic N) is 3. The summed E-state index contributed by atoms with van der Waals surface area (Å²) in [5.41, 5.74) is 0.516. The number of hydrogen-bond acceptors (Lipinski definition) is 5. The molecule has 0 aliphatic carbocycles. The van der Waals surface area contributed by atoms with Crippen molar-refractivity contribution in [2.24, 2.45) is 0 Å². The van der Waals surface area contributed by atoms with E-state index in [1.807, 2.05) is 4.90 Å². The number of aromatic nitrogens is 2. The van der Waals surface area contributed by atoms with E-state index in [1.54, 1.807) is 7.11 Å². The van der Waals surface area contributed by atoms with Gasteiger partial charge in [-0.25, -0.2) is 9.97 Å². The van der Waals surface area contributed by atoms with Crippen molar-refractivity contribution >= 4 is 5.91 Å². The first-order chi connectivity index (χ1) is 8.83. The van der Waals surface area contributed by atoms with Gasteiger partial charge in [0.25, 0.3) is 5.91 Å². The lowest BCUT2D eigenvalue weighted by Crippen LogP contribution is -2.49. The van der Waals surface area contributed by atoms with E-state index in [9.17, 15) is 4.79 Å². The van der Waals surface area contributed by atoms with Crippen LogP contribution in [0.1, 0.15) is 16.8 Å². The lowest BCUT2D eigenvalue weighted by molar-refractivity contribution is -0.0104. The van der Waals surface area contributed by atoms with Crippen molar-refractivity contribution in [1.82, 2.24) is 14.9 Å². The SMILES string of the molecule is COCCC1COCCN1C(=O)c1cncnc1. The van der Waals surface area contributed by atoms with E-state index < -0.39 is 0 Å². The van der Waals surface area contributed by atoms with Gasteiger partial charge in [0.2, 0.25) is 0 Å². The van der Waals surface area contributed by atoms with Crippen LogP contribution in [0.2, 0.25) is 0 Å². The van der Waals surface area contributed by atoms with Crippen molar-refractivity contribution in [3.05, 3.63) is 24.3 Å². The van der Waals surface area contributed by atoms with E-state index in [1.165, 1.54) is 18.7 Å². The Morgan fingerprint density at radius 3 is 3.06 bits per heavy atom. The molecule has 0 radical (unpaired) electrons. The van der Waals surface area contributed by atoms with E-state index in [0.29, 0.717) is 31.9 Å². The maximum absolute atomic E-state index is 12.3. The normalized spacial score (nSPS) is 19.8. The first-order valence-corrected chi connectivity index (χ1v) is 5.95. The molecule has 1 aromatic heterocycles. The zero-order valence-corrected chi connectivity index (χ0v) is 10.4. The van der Waals surface area contributed by atoms with E-state index in [-0.39, 0.29) is 11.9 Å². The molecule has 1 amide bonds. The number of rotatable bonds is 4. The molecule has 1 fully saturated rings. The highest BCUT2D eigenvalue weighted by atomic mass is 16.5. The van der Waals surface area contributed by atoms with Crippen LogP contribution >= 0.6 is 0 Å². The Bertz CT molecular complexity index is 385. The Morgan fingerprint density at radius 1 is 1.56 bits per heavy atom. The van der Waals surface area contributed by atoms with E-state index >= 15 is 0 Å². The zero-order valence-electron chi connectivity index (χ0n) is 10.4. The molecule has 6 nitrogen and oxygen atoms in total. The van der Waals surface area contributed by atoms with Gasteiger partial charge in [0.15, 0.2) is 0 Å². The van der Waals surface area contributed by atoms with E-state index in [4.69, 9.17) is 9.47 Å². The van der Waals surface area contributed by atoms with Gasteiger partial charge in [0.1, 0.15) is 6.33 Å². The highest BCUT2D eigenvalue weighted by molar-refractivity contribution is 5.93. The van der Waals surface area contributed by atoms with Gasteiger partial charge in [-0.05, 0) is 6.42 Å². The fraction of sp³-hybridized carbons (Fsp3) is 0.583. The Labute approximate surface area is 106 Å². The van der Waals surface area contributed by atoms with Gasteiger partial charge in [0, 0.05) is 32.7 Å². The van der Waals surface area contributed by atoms with Crippen LogP contribution in [0.25, 0.3) is 0 Å². The average molecular weight is 251 g/mol. The monoisotopic (exact) mass is 251 g/mol. The summed E-state index contributed by atoms with van der Waals surface area (Å²) in [7, 11) is 1.65. The van der Waals surface area contributed by atoms with Crippen molar-refractivity contribution < 1.29 is 14.3 Å². The third kappa shape index (κ3) is 3.02. The Hall–Kier alpha value is -1.53. The molecule has 0 N–H and O–H groups in total. The predicted molar refractivity (Wildman–Crippen MR) is 64.2 cm³/mol. The van der Waals surface area contributed by atoms with Crippen LogP contribution in [-0.2, 0) is 9.47 Å². The highest BCUT2D eigenvalue weighted by Gasteiger charge is 2.27. The summed E-state index contributed by atoms with van der Waals surface area (Å²) in [4.78, 5) is 21.9. The molecule has 1 aliphatic heterocycles. The second-order valence-corrected chi connectivity index (χ2v) is 4.14. The van der Waals surface area contributed by atoms with Crippen LogP contribution in [0.3, 0.4) is 0 Å². The Morgan fingerprint density at radius 2 is 2.33 bits per heavy atom. The number of morpholine rings is 1. The van der Waals surface area contributed by atoms with Crippen LogP contribution in [-0.4, -0.2) is 60.3 Å². The number of methoxy groups -OCH3 is 1. The minimum absolute atomic E-state index is 0.0417. The molecule has 2 rings (SSSR count). The largest absolute Gasteiger partial charge is 0.385 e. The van der Waals surface area contributed by atoms with Gasteiger partial charge in [-0.3, -0.25) is 4.79 Å². The first kappa shape index (κ1) is 12.9. The first-order valence-electron chi connectivity index (χ1n) is 5.95. The second-order valence-electron chi connectivity index (χ2n) is 4.14. The molecule has 1 saturated heterocycles. The molecular formula is C12H17N3O3. The molecule has 1 aromatic rings. The van der Waals surface area contributed by atoms with Crippen LogP contribution in [0, 0.1) is 0 Å². The summed E-state index contributed by atoms with van der Waals surface area (Å²) in [6.07, 6.45) is 5.27. The summed E-state index contributed by atoms with van der Waals surface area (Å²) >= 11 is 0. The van der Waals surface area contributed by atoms with Gasteiger partial charge in [0.05, 0.1) is 24.8 Å². The molecule has 98 valence electrons. The average Bonchev–Trinajstić information content (AvgIpc) is 2.45. The third-order valence-electron chi connectivity index (χ3n) is 2.95. The third-order valence-corrected chi connectivity index (χ3v) is 2.95. The number of carbonyl (C=O) groups is 1. The molecule has 1 aliphatic rings. The van der Waals surface area contributed by atoms with Crippen molar-refractivity contribution in [1.29, 1.82) is 0 Å². The highest BCUT2D eigenvalue weighted by Crippen LogP contribution is 2.14. The number of hydrogen-bond donors (Lipinski definition) is 0. The summed E-state index contributed by atoms with van der Waals surface area (Å²) in [5, 5.41) is 0. The minimum atomic E-state index is -0.0417. The van der Waals surface area contributed by atoms with Crippen LogP contribution in [0.4, 0.5) is 0 Å². The number of ether oxygens (including phenoxy) is 2. The molecule has 1 unspecified atom stereocenters. The second kappa shape index (κ2) is 6.42. The van der Waals surface area contributed by atoms with Gasteiger partial charge < -0.3 is 14.4 Å². The topological polar surface area (TPSA) is 64.6 Å². The Balaban J connectivity index is 2.06. The molecule has 0 aromatic carbocycles. The standard InChI is InChI=1S/C12H17N3O3/c1-17-4-2-11-8-18-5-3-15(11)12(16)10-6-13-9-14-7-10/h6-7,9,11H,2-5,8H2,1H3. The van der Waals surface area contributed by atoms with Crippen molar-refractivity contribution in [3.63, 3.8) is 0 Å². The van der Waals surface area contributed by atoms with Crippen molar-refractivity contribution in [2.45, 2.75) is 12.5 Å². The van der Waals surface area contributed by atoms with Gasteiger partial charge >= 0.3 is 0 Å². The smallest absolute Gasteiger partial charge is 0.257 e. The quantitative estimate of drug-likeness (QED) is 0.772. The molecule has 2 heterocycles. The molecule has 1 atom stereocenters. The van der Waals surface area contributed by atoms with Crippen LogP contribution < -0.4 is 0 Å². The van der Waals surface area contributed by atoms with E-state index in [2.05, 4.69) is 9.97 Å². The molecule has 6 heteroatoms. The summed E-state index contributed by atoms with van der Waals surface area (Å²) in [5.74, 6) is -0.0417. The van der Waals surface area contributed by atoms with Crippen LogP contribution in [0.15, 0.2) is 18.7 Å². The molecular weight excluding hydrogens is 234 g/mol. The number of carbonyl (C=O) groups excluding carboxylic acids is 1.